The Bertz CT molecular complexity index is 733. The fourth-order valence-electron chi connectivity index (χ4n) is 2.89. The van der Waals surface area contributed by atoms with E-state index in [1.165, 1.54) is 0 Å². The van der Waals surface area contributed by atoms with Gasteiger partial charge >= 0.3 is 6.03 Å². The topological polar surface area (TPSA) is 54.5 Å². The summed E-state index contributed by atoms with van der Waals surface area (Å²) in [5.41, 5.74) is 3.19. The number of aromatic nitrogens is 1. The van der Waals surface area contributed by atoms with Crippen molar-refractivity contribution >= 4 is 23.5 Å². The third kappa shape index (κ3) is 2.11. The van der Waals surface area contributed by atoms with Crippen LogP contribution in [-0.2, 0) is 6.54 Å². The van der Waals surface area contributed by atoms with Gasteiger partial charge in [-0.05, 0) is 23.8 Å². The first-order valence-corrected chi connectivity index (χ1v) is 8.07. The Morgan fingerprint density at radius 2 is 2.18 bits per heavy atom. The van der Waals surface area contributed by atoms with E-state index in [9.17, 15) is 4.79 Å². The van der Waals surface area contributed by atoms with Crippen LogP contribution in [0.2, 0.25) is 0 Å². The van der Waals surface area contributed by atoms with Gasteiger partial charge in [0.25, 0.3) is 0 Å². The number of carbonyl (C=O) groups excluding carboxylic acids is 1. The average molecular weight is 313 g/mol. The normalized spacial score (nSPS) is 18.9. The number of carbonyl (C=O) groups is 1. The van der Waals surface area contributed by atoms with Gasteiger partial charge in [0.05, 0.1) is 25.4 Å². The number of methoxy groups -OCH3 is 1. The first-order valence-electron chi connectivity index (χ1n) is 7.09. The Labute approximate surface area is 132 Å². The van der Waals surface area contributed by atoms with E-state index in [0.717, 1.165) is 33.3 Å². The second-order valence-electron chi connectivity index (χ2n) is 5.30. The zero-order chi connectivity index (χ0) is 15.1. The molecule has 2 aliphatic heterocycles. The minimum atomic E-state index is -0.0482. The van der Waals surface area contributed by atoms with Gasteiger partial charge in [0, 0.05) is 17.5 Å². The van der Waals surface area contributed by atoms with Crippen molar-refractivity contribution in [3.8, 4) is 5.75 Å². The lowest BCUT2D eigenvalue weighted by Gasteiger charge is -2.32. The summed E-state index contributed by atoms with van der Waals surface area (Å²) in [6, 6.07) is 9.75. The summed E-state index contributed by atoms with van der Waals surface area (Å²) in [6.07, 6.45) is 1.78. The maximum Gasteiger partial charge on any atom is 0.322 e. The average Bonchev–Trinajstić information content (AvgIpc) is 2.96. The Morgan fingerprint density at radius 1 is 1.36 bits per heavy atom. The Balaban J connectivity index is 1.68. The minimum absolute atomic E-state index is 0.0482. The fourth-order valence-corrected chi connectivity index (χ4v) is 4.00. The molecule has 4 rings (SSSR count). The molecule has 2 aromatic rings. The lowest BCUT2D eigenvalue weighted by molar-refractivity contribution is 0.241. The minimum Gasteiger partial charge on any atom is -0.497 e. The van der Waals surface area contributed by atoms with Crippen molar-refractivity contribution in [3.63, 3.8) is 0 Å². The van der Waals surface area contributed by atoms with Crippen LogP contribution in [0.15, 0.2) is 41.6 Å². The van der Waals surface area contributed by atoms with Crippen LogP contribution in [0.4, 0.5) is 10.5 Å². The molecule has 112 valence electrons. The van der Waals surface area contributed by atoms with E-state index in [2.05, 4.69) is 10.3 Å². The van der Waals surface area contributed by atoms with Crippen LogP contribution in [0, 0.1) is 0 Å². The number of hydrogen-bond donors (Lipinski definition) is 1. The molecule has 1 atom stereocenters. The summed E-state index contributed by atoms with van der Waals surface area (Å²) >= 11 is 1.70. The Morgan fingerprint density at radius 3 is 2.95 bits per heavy atom. The van der Waals surface area contributed by atoms with Crippen LogP contribution >= 0.6 is 11.8 Å². The maximum atomic E-state index is 12.4. The molecule has 0 fully saturated rings. The van der Waals surface area contributed by atoms with E-state index in [-0.39, 0.29) is 12.1 Å². The Kier molecular flexibility index (Phi) is 3.18. The smallest absolute Gasteiger partial charge is 0.322 e. The highest BCUT2D eigenvalue weighted by molar-refractivity contribution is 7.99. The molecule has 0 spiro atoms. The van der Waals surface area contributed by atoms with Crippen LogP contribution < -0.4 is 15.0 Å². The molecular weight excluding hydrogens is 298 g/mol. The van der Waals surface area contributed by atoms with Crippen molar-refractivity contribution in [1.82, 2.24) is 10.3 Å². The van der Waals surface area contributed by atoms with E-state index in [1.807, 2.05) is 30.3 Å². The number of amides is 2. The number of benzene rings is 1. The number of thioether (sulfide) groups is 1. The van der Waals surface area contributed by atoms with Crippen molar-refractivity contribution in [1.29, 1.82) is 0 Å². The number of hydrogen-bond acceptors (Lipinski definition) is 4. The molecule has 1 N–H and O–H groups in total. The number of urea groups is 1. The number of rotatable bonds is 3. The molecule has 1 aromatic carbocycles. The highest BCUT2D eigenvalue weighted by Gasteiger charge is 2.36. The molecule has 1 aromatic heterocycles. The summed E-state index contributed by atoms with van der Waals surface area (Å²) in [7, 11) is 1.64. The lowest BCUT2D eigenvalue weighted by atomic mass is 10.0. The van der Waals surface area contributed by atoms with Gasteiger partial charge in [-0.2, -0.15) is 0 Å². The number of pyridine rings is 1. The van der Waals surface area contributed by atoms with Gasteiger partial charge in [0.2, 0.25) is 0 Å². The predicted octanol–water partition coefficient (Wildman–Crippen LogP) is 2.97. The molecule has 2 amide bonds. The van der Waals surface area contributed by atoms with Crippen molar-refractivity contribution in [3.05, 3.63) is 47.7 Å². The SMILES string of the molecule is COc1ccc(CN2C(=O)NC3CSc4nccc2c43)cc1. The van der Waals surface area contributed by atoms with Crippen molar-refractivity contribution in [2.45, 2.75) is 17.6 Å². The molecule has 0 bridgehead atoms. The molecule has 6 heteroatoms. The largest absolute Gasteiger partial charge is 0.497 e. The van der Waals surface area contributed by atoms with E-state index < -0.39 is 0 Å². The number of nitrogens with zero attached hydrogens (tertiary/aromatic N) is 2. The summed E-state index contributed by atoms with van der Waals surface area (Å²) in [4.78, 5) is 18.6. The van der Waals surface area contributed by atoms with Gasteiger partial charge in [-0.25, -0.2) is 9.78 Å². The van der Waals surface area contributed by atoms with E-state index in [4.69, 9.17) is 4.74 Å². The molecular formula is C16H15N3O2S. The zero-order valence-corrected chi connectivity index (χ0v) is 12.9. The van der Waals surface area contributed by atoms with Gasteiger partial charge in [-0.1, -0.05) is 12.1 Å². The highest BCUT2D eigenvalue weighted by Crippen LogP contribution is 2.44. The molecule has 2 aliphatic rings. The van der Waals surface area contributed by atoms with Gasteiger partial charge in [0.1, 0.15) is 10.8 Å². The van der Waals surface area contributed by atoms with Gasteiger partial charge in [0.15, 0.2) is 0 Å². The summed E-state index contributed by atoms with van der Waals surface area (Å²) in [5, 5.41) is 4.10. The zero-order valence-electron chi connectivity index (χ0n) is 12.1. The van der Waals surface area contributed by atoms with E-state index in [1.54, 1.807) is 30.0 Å². The molecule has 0 saturated carbocycles. The monoisotopic (exact) mass is 313 g/mol. The standard InChI is InChI=1S/C16H15N3O2S/c1-21-11-4-2-10(3-5-11)8-19-13-6-7-17-15-14(13)12(9-22-15)18-16(19)20/h2-7,12H,8-9H2,1H3,(H,18,20). The molecule has 22 heavy (non-hydrogen) atoms. The Hall–Kier alpha value is -2.21. The molecule has 0 radical (unpaired) electrons. The summed E-state index contributed by atoms with van der Waals surface area (Å²) in [6.45, 7) is 0.531. The van der Waals surface area contributed by atoms with Crippen molar-refractivity contribution in [2.75, 3.05) is 17.8 Å². The maximum absolute atomic E-state index is 12.4. The lowest BCUT2D eigenvalue weighted by Crippen LogP contribution is -2.46. The second-order valence-corrected chi connectivity index (χ2v) is 6.30. The number of nitrogens with one attached hydrogen (secondary N) is 1. The van der Waals surface area contributed by atoms with Crippen LogP contribution in [0.25, 0.3) is 0 Å². The molecule has 3 heterocycles. The third-order valence-electron chi connectivity index (χ3n) is 4.00. The molecule has 1 unspecified atom stereocenters. The molecule has 5 nitrogen and oxygen atoms in total. The quantitative estimate of drug-likeness (QED) is 0.946. The van der Waals surface area contributed by atoms with E-state index >= 15 is 0 Å². The number of anilines is 1. The van der Waals surface area contributed by atoms with E-state index in [0.29, 0.717) is 6.54 Å². The fraction of sp³-hybridized carbons (Fsp3) is 0.250. The molecule has 0 aliphatic carbocycles. The van der Waals surface area contributed by atoms with Crippen LogP contribution in [0.5, 0.6) is 5.75 Å². The predicted molar refractivity (Wildman–Crippen MR) is 85.4 cm³/mol. The third-order valence-corrected chi connectivity index (χ3v) is 5.10. The van der Waals surface area contributed by atoms with Crippen LogP contribution in [0.1, 0.15) is 17.2 Å². The highest BCUT2D eigenvalue weighted by atomic mass is 32.2. The second kappa shape index (κ2) is 5.21. The number of ether oxygens (including phenoxy) is 1. The first-order chi connectivity index (χ1) is 10.8. The van der Waals surface area contributed by atoms with Crippen LogP contribution in [0.3, 0.4) is 0 Å². The molecule has 0 saturated heterocycles. The first kappa shape index (κ1) is 13.5. The van der Waals surface area contributed by atoms with Gasteiger partial charge in [-0.3, -0.25) is 4.90 Å². The van der Waals surface area contributed by atoms with Crippen LogP contribution in [-0.4, -0.2) is 23.9 Å². The van der Waals surface area contributed by atoms with Gasteiger partial charge in [-0.15, -0.1) is 11.8 Å². The van der Waals surface area contributed by atoms with Gasteiger partial charge < -0.3 is 10.1 Å². The summed E-state index contributed by atoms with van der Waals surface area (Å²) < 4.78 is 5.17. The van der Waals surface area contributed by atoms with Crippen molar-refractivity contribution in [2.24, 2.45) is 0 Å². The van der Waals surface area contributed by atoms with Crippen molar-refractivity contribution < 1.29 is 9.53 Å². The summed E-state index contributed by atoms with van der Waals surface area (Å²) in [5.74, 6) is 1.68.